The van der Waals surface area contributed by atoms with Gasteiger partial charge in [-0.2, -0.15) is 13.2 Å². The van der Waals surface area contributed by atoms with E-state index in [4.69, 9.17) is 0 Å². The van der Waals surface area contributed by atoms with Crippen molar-refractivity contribution in [2.45, 2.75) is 32.0 Å². The molecule has 0 spiro atoms. The van der Waals surface area contributed by atoms with Crippen LogP contribution in [-0.2, 0) is 19.1 Å². The smallest absolute Gasteiger partial charge is 0.346 e. The van der Waals surface area contributed by atoms with Crippen LogP contribution in [0.3, 0.4) is 0 Å². The molecule has 0 unspecified atom stereocenters. The fourth-order valence-corrected chi connectivity index (χ4v) is 2.78. The Morgan fingerprint density at radius 1 is 1.14 bits per heavy atom. The molecule has 0 saturated heterocycles. The molecule has 1 heterocycles. The van der Waals surface area contributed by atoms with Crippen molar-refractivity contribution >= 4 is 5.78 Å². The molecule has 0 bridgehead atoms. The molecular formula is C16H14F3NO. The van der Waals surface area contributed by atoms with E-state index in [-0.39, 0.29) is 5.78 Å². The fraction of sp³-hybridized carbons (Fsp3) is 0.312. The lowest BCUT2D eigenvalue weighted by Gasteiger charge is -2.15. The van der Waals surface area contributed by atoms with Gasteiger partial charge in [-0.15, -0.1) is 0 Å². The third-order valence-corrected chi connectivity index (χ3v) is 3.80. The number of rotatable bonds is 2. The summed E-state index contributed by atoms with van der Waals surface area (Å²) >= 11 is 0. The second kappa shape index (κ2) is 5.06. The van der Waals surface area contributed by atoms with Crippen LogP contribution in [0.15, 0.2) is 36.5 Å². The molecule has 0 saturated carbocycles. The first-order valence-corrected chi connectivity index (χ1v) is 6.82. The largest absolute Gasteiger partial charge is 0.416 e. The summed E-state index contributed by atoms with van der Waals surface area (Å²) in [6.07, 6.45) is -0.387. The minimum Gasteiger partial charge on any atom is -0.346 e. The van der Waals surface area contributed by atoms with E-state index in [2.05, 4.69) is 0 Å². The molecule has 1 aliphatic carbocycles. The van der Waals surface area contributed by atoms with E-state index >= 15 is 0 Å². The van der Waals surface area contributed by atoms with Crippen LogP contribution in [0.1, 0.15) is 40.0 Å². The van der Waals surface area contributed by atoms with E-state index in [0.717, 1.165) is 30.7 Å². The maximum Gasteiger partial charge on any atom is 0.416 e. The van der Waals surface area contributed by atoms with E-state index in [1.165, 1.54) is 6.07 Å². The number of nitrogens with zero attached hydrogens (tertiary/aromatic N) is 1. The maximum atomic E-state index is 12.7. The average molecular weight is 293 g/mol. The van der Waals surface area contributed by atoms with Crippen molar-refractivity contribution in [1.82, 2.24) is 4.57 Å². The number of ketones is 1. The molecule has 3 rings (SSSR count). The highest BCUT2D eigenvalue weighted by Crippen LogP contribution is 2.30. The Balaban J connectivity index is 1.90. The summed E-state index contributed by atoms with van der Waals surface area (Å²) in [4.78, 5) is 11.8. The van der Waals surface area contributed by atoms with Crippen LogP contribution in [0.25, 0.3) is 0 Å². The van der Waals surface area contributed by atoms with E-state index in [9.17, 15) is 18.0 Å². The Labute approximate surface area is 120 Å². The fourth-order valence-electron chi connectivity index (χ4n) is 2.78. The number of halogens is 3. The van der Waals surface area contributed by atoms with Crippen LogP contribution in [0.4, 0.5) is 13.2 Å². The molecule has 2 aromatic rings. The standard InChI is InChI=1S/C16H14F3NO/c17-16(18,19)12-4-1-3-11(9-12)10-20-8-7-13-14(20)5-2-6-15(13)21/h1,3-4,7-9H,2,5-6,10H2. The van der Waals surface area contributed by atoms with Gasteiger partial charge >= 0.3 is 6.18 Å². The van der Waals surface area contributed by atoms with Crippen LogP contribution in [-0.4, -0.2) is 10.4 Å². The van der Waals surface area contributed by atoms with E-state index in [1.807, 2.05) is 4.57 Å². The van der Waals surface area contributed by atoms with E-state index < -0.39 is 11.7 Å². The summed E-state index contributed by atoms with van der Waals surface area (Å²) in [5, 5.41) is 0. The Morgan fingerprint density at radius 2 is 1.95 bits per heavy atom. The number of alkyl halides is 3. The highest BCUT2D eigenvalue weighted by Gasteiger charge is 2.30. The average Bonchev–Trinajstić information content (AvgIpc) is 2.83. The van der Waals surface area contributed by atoms with Gasteiger partial charge in [0.25, 0.3) is 0 Å². The highest BCUT2D eigenvalue weighted by molar-refractivity contribution is 5.98. The molecule has 1 aromatic heterocycles. The molecule has 110 valence electrons. The van der Waals surface area contributed by atoms with Crippen molar-refractivity contribution < 1.29 is 18.0 Å². The van der Waals surface area contributed by atoms with Gasteiger partial charge in [-0.05, 0) is 36.6 Å². The lowest BCUT2D eigenvalue weighted by molar-refractivity contribution is -0.137. The molecule has 1 aromatic carbocycles. The molecular weight excluding hydrogens is 279 g/mol. The maximum absolute atomic E-state index is 12.7. The van der Waals surface area contributed by atoms with Gasteiger partial charge in [0.1, 0.15) is 0 Å². The summed E-state index contributed by atoms with van der Waals surface area (Å²) in [6, 6.07) is 7.09. The quantitative estimate of drug-likeness (QED) is 0.818. The predicted octanol–water partition coefficient (Wildman–Crippen LogP) is 4.07. The van der Waals surface area contributed by atoms with Crippen LogP contribution in [0, 0.1) is 0 Å². The molecule has 0 atom stereocenters. The van der Waals surface area contributed by atoms with Crippen molar-refractivity contribution in [1.29, 1.82) is 0 Å². The molecule has 0 N–H and O–H groups in total. The molecule has 21 heavy (non-hydrogen) atoms. The predicted molar refractivity (Wildman–Crippen MR) is 72.2 cm³/mol. The second-order valence-electron chi connectivity index (χ2n) is 5.28. The third-order valence-electron chi connectivity index (χ3n) is 3.80. The van der Waals surface area contributed by atoms with Crippen molar-refractivity contribution in [3.8, 4) is 0 Å². The number of hydrogen-bond donors (Lipinski definition) is 0. The Kier molecular flexibility index (Phi) is 3.35. The molecule has 0 amide bonds. The number of Topliss-reactive ketones (excluding diaryl/α,β-unsaturated/α-hetero) is 1. The summed E-state index contributed by atoms with van der Waals surface area (Å²) in [5.74, 6) is 0.124. The monoisotopic (exact) mass is 293 g/mol. The van der Waals surface area contributed by atoms with Crippen molar-refractivity contribution in [3.63, 3.8) is 0 Å². The molecule has 1 aliphatic rings. The summed E-state index contributed by atoms with van der Waals surface area (Å²) in [5.41, 5.74) is 1.59. The van der Waals surface area contributed by atoms with Crippen LogP contribution in [0.2, 0.25) is 0 Å². The molecule has 5 heteroatoms. The summed E-state index contributed by atoms with van der Waals surface area (Å²) in [7, 11) is 0. The van der Waals surface area contributed by atoms with Gasteiger partial charge in [-0.1, -0.05) is 12.1 Å². The lowest BCUT2D eigenvalue weighted by Crippen LogP contribution is -2.14. The first kappa shape index (κ1) is 13.9. The van der Waals surface area contributed by atoms with Gasteiger partial charge in [0.2, 0.25) is 0 Å². The minimum absolute atomic E-state index is 0.124. The van der Waals surface area contributed by atoms with E-state index in [0.29, 0.717) is 24.1 Å². The first-order valence-electron chi connectivity index (χ1n) is 6.82. The summed E-state index contributed by atoms with van der Waals surface area (Å²) in [6.45, 7) is 0.354. The van der Waals surface area contributed by atoms with Crippen molar-refractivity contribution in [2.75, 3.05) is 0 Å². The highest BCUT2D eigenvalue weighted by atomic mass is 19.4. The lowest BCUT2D eigenvalue weighted by atomic mass is 9.97. The van der Waals surface area contributed by atoms with Gasteiger partial charge < -0.3 is 4.57 Å². The molecule has 0 aliphatic heterocycles. The number of carbonyl (C=O) groups excluding carboxylic acids is 1. The summed E-state index contributed by atoms with van der Waals surface area (Å²) < 4.78 is 40.0. The first-order chi connectivity index (χ1) is 9.95. The number of carbonyl (C=O) groups is 1. The second-order valence-corrected chi connectivity index (χ2v) is 5.28. The van der Waals surface area contributed by atoms with Crippen LogP contribution >= 0.6 is 0 Å². The van der Waals surface area contributed by atoms with Gasteiger partial charge in [-0.3, -0.25) is 4.79 Å². The van der Waals surface area contributed by atoms with Crippen LogP contribution < -0.4 is 0 Å². The van der Waals surface area contributed by atoms with Gasteiger partial charge in [0.05, 0.1) is 5.56 Å². The van der Waals surface area contributed by atoms with Crippen molar-refractivity contribution in [2.24, 2.45) is 0 Å². The zero-order valence-corrected chi connectivity index (χ0v) is 11.3. The normalized spacial score (nSPS) is 15.1. The zero-order chi connectivity index (χ0) is 15.0. The Morgan fingerprint density at radius 3 is 2.71 bits per heavy atom. The molecule has 0 fully saturated rings. The van der Waals surface area contributed by atoms with Crippen molar-refractivity contribution in [3.05, 3.63) is 58.9 Å². The molecule has 0 radical (unpaired) electrons. The third kappa shape index (κ3) is 2.73. The Hall–Kier alpha value is -2.04. The topological polar surface area (TPSA) is 22.0 Å². The zero-order valence-electron chi connectivity index (χ0n) is 11.3. The number of benzene rings is 1. The molecule has 2 nitrogen and oxygen atoms in total. The van der Waals surface area contributed by atoms with Gasteiger partial charge in [0.15, 0.2) is 5.78 Å². The number of fused-ring (bicyclic) bond motifs is 1. The van der Waals surface area contributed by atoms with E-state index in [1.54, 1.807) is 18.3 Å². The van der Waals surface area contributed by atoms with Gasteiger partial charge in [0, 0.05) is 30.4 Å². The van der Waals surface area contributed by atoms with Gasteiger partial charge in [-0.25, -0.2) is 0 Å². The minimum atomic E-state index is -4.33. The number of hydrogen-bond acceptors (Lipinski definition) is 1. The Bertz CT molecular complexity index is 685. The number of aromatic nitrogens is 1. The SMILES string of the molecule is O=C1CCCc2c1ccn2Cc1cccc(C(F)(F)F)c1. The van der Waals surface area contributed by atoms with Crippen LogP contribution in [0.5, 0.6) is 0 Å².